The molecule has 0 aliphatic rings. The Morgan fingerprint density at radius 1 is 1.53 bits per heavy atom. The molecule has 0 spiro atoms. The zero-order valence-electron chi connectivity index (χ0n) is 11.0. The van der Waals surface area contributed by atoms with Crippen molar-refractivity contribution in [2.24, 2.45) is 4.99 Å². The van der Waals surface area contributed by atoms with Gasteiger partial charge in [0.1, 0.15) is 0 Å². The highest BCUT2D eigenvalue weighted by atomic mass is 16.5. The molecule has 1 aromatic rings. The second-order valence-corrected chi connectivity index (χ2v) is 3.91. The molecule has 96 valence electrons. The third-order valence-corrected chi connectivity index (χ3v) is 2.39. The SMILES string of the molecule is CCCCN(C)C(=NC)NCc1nc(C)no1. The molecule has 6 nitrogen and oxygen atoms in total. The molecule has 0 aliphatic heterocycles. The van der Waals surface area contributed by atoms with Crippen LogP contribution in [0.2, 0.25) is 0 Å². The van der Waals surface area contributed by atoms with Gasteiger partial charge in [-0.3, -0.25) is 4.99 Å². The van der Waals surface area contributed by atoms with Gasteiger partial charge in [-0.25, -0.2) is 0 Å². The summed E-state index contributed by atoms with van der Waals surface area (Å²) in [6.45, 7) is 5.46. The molecule has 1 N–H and O–H groups in total. The fourth-order valence-corrected chi connectivity index (χ4v) is 1.45. The summed E-state index contributed by atoms with van der Waals surface area (Å²) in [5.74, 6) is 2.07. The van der Waals surface area contributed by atoms with Crippen molar-refractivity contribution >= 4 is 5.96 Å². The lowest BCUT2D eigenvalue weighted by Gasteiger charge is -2.21. The Labute approximate surface area is 102 Å². The molecule has 1 heterocycles. The molecular weight excluding hydrogens is 218 g/mol. The first-order valence-corrected chi connectivity index (χ1v) is 5.88. The van der Waals surface area contributed by atoms with E-state index in [2.05, 4.69) is 32.3 Å². The fourth-order valence-electron chi connectivity index (χ4n) is 1.45. The predicted octanol–water partition coefficient (Wildman–Crippen LogP) is 1.19. The highest BCUT2D eigenvalue weighted by Crippen LogP contribution is 1.97. The monoisotopic (exact) mass is 239 g/mol. The van der Waals surface area contributed by atoms with Crippen LogP contribution in [0, 0.1) is 6.92 Å². The number of aliphatic imine (C=N–C) groups is 1. The van der Waals surface area contributed by atoms with Crippen LogP contribution in [0.15, 0.2) is 9.52 Å². The molecule has 1 rings (SSSR count). The van der Waals surface area contributed by atoms with Crippen LogP contribution in [0.3, 0.4) is 0 Å². The molecule has 0 amide bonds. The second-order valence-electron chi connectivity index (χ2n) is 3.91. The van der Waals surface area contributed by atoms with Gasteiger partial charge in [0.25, 0.3) is 0 Å². The molecule has 17 heavy (non-hydrogen) atoms. The minimum atomic E-state index is 0.504. The van der Waals surface area contributed by atoms with Gasteiger partial charge in [-0.1, -0.05) is 18.5 Å². The van der Waals surface area contributed by atoms with Crippen molar-refractivity contribution in [3.63, 3.8) is 0 Å². The van der Waals surface area contributed by atoms with E-state index in [1.54, 1.807) is 14.0 Å². The summed E-state index contributed by atoms with van der Waals surface area (Å²) in [5, 5.41) is 6.92. The van der Waals surface area contributed by atoms with E-state index in [-0.39, 0.29) is 0 Å². The van der Waals surface area contributed by atoms with Gasteiger partial charge in [0.2, 0.25) is 5.89 Å². The normalized spacial score (nSPS) is 11.6. The third kappa shape index (κ3) is 4.42. The van der Waals surface area contributed by atoms with Gasteiger partial charge < -0.3 is 14.7 Å². The summed E-state index contributed by atoms with van der Waals surface area (Å²) >= 11 is 0. The average molecular weight is 239 g/mol. The lowest BCUT2D eigenvalue weighted by atomic mass is 10.3. The molecule has 0 fully saturated rings. The molecule has 6 heteroatoms. The Bertz CT molecular complexity index is 360. The summed E-state index contributed by atoms with van der Waals surface area (Å²) in [6.07, 6.45) is 2.32. The van der Waals surface area contributed by atoms with Crippen molar-refractivity contribution in [1.82, 2.24) is 20.4 Å². The number of hydrogen-bond acceptors (Lipinski definition) is 4. The van der Waals surface area contributed by atoms with Crippen LogP contribution in [0.5, 0.6) is 0 Å². The van der Waals surface area contributed by atoms with Crippen molar-refractivity contribution in [3.8, 4) is 0 Å². The quantitative estimate of drug-likeness (QED) is 0.617. The predicted molar refractivity (Wildman–Crippen MR) is 66.8 cm³/mol. The first-order chi connectivity index (χ1) is 8.17. The third-order valence-electron chi connectivity index (χ3n) is 2.39. The largest absolute Gasteiger partial charge is 0.347 e. The van der Waals surface area contributed by atoms with Gasteiger partial charge >= 0.3 is 0 Å². The molecule has 0 aliphatic carbocycles. The number of rotatable bonds is 5. The summed E-state index contributed by atoms with van der Waals surface area (Å²) in [5.41, 5.74) is 0. The summed E-state index contributed by atoms with van der Waals surface area (Å²) in [6, 6.07) is 0. The summed E-state index contributed by atoms with van der Waals surface area (Å²) in [4.78, 5) is 10.4. The first kappa shape index (κ1) is 13.5. The minimum absolute atomic E-state index is 0.504. The average Bonchev–Trinajstić information content (AvgIpc) is 2.73. The van der Waals surface area contributed by atoms with Crippen LogP contribution in [0.4, 0.5) is 0 Å². The van der Waals surface area contributed by atoms with Crippen LogP contribution in [-0.4, -0.2) is 41.6 Å². The molecule has 0 atom stereocenters. The Balaban J connectivity index is 2.42. The van der Waals surface area contributed by atoms with E-state index < -0.39 is 0 Å². The lowest BCUT2D eigenvalue weighted by molar-refractivity contribution is 0.368. The standard InChI is InChI=1S/C11H21N5O/c1-5-6-7-16(4)11(12-3)13-8-10-14-9(2)15-17-10/h5-8H2,1-4H3,(H,12,13). The Hall–Kier alpha value is -1.59. The Morgan fingerprint density at radius 3 is 2.82 bits per heavy atom. The van der Waals surface area contributed by atoms with E-state index in [9.17, 15) is 0 Å². The maximum absolute atomic E-state index is 5.02. The lowest BCUT2D eigenvalue weighted by Crippen LogP contribution is -2.39. The van der Waals surface area contributed by atoms with Crippen LogP contribution in [-0.2, 0) is 6.54 Å². The van der Waals surface area contributed by atoms with Crippen LogP contribution < -0.4 is 5.32 Å². The minimum Gasteiger partial charge on any atom is -0.347 e. The number of guanidine groups is 1. The number of hydrogen-bond donors (Lipinski definition) is 1. The number of unbranched alkanes of at least 4 members (excludes halogenated alkanes) is 1. The molecule has 0 bridgehead atoms. The molecule has 0 saturated carbocycles. The van der Waals surface area contributed by atoms with Crippen LogP contribution in [0.25, 0.3) is 0 Å². The topological polar surface area (TPSA) is 66.5 Å². The highest BCUT2D eigenvalue weighted by molar-refractivity contribution is 5.79. The summed E-state index contributed by atoms with van der Waals surface area (Å²) < 4.78 is 5.02. The van der Waals surface area contributed by atoms with Gasteiger partial charge in [-0.2, -0.15) is 4.98 Å². The van der Waals surface area contributed by atoms with Crippen molar-refractivity contribution < 1.29 is 4.52 Å². The number of aromatic nitrogens is 2. The number of nitrogens with zero attached hydrogens (tertiary/aromatic N) is 4. The van der Waals surface area contributed by atoms with Gasteiger partial charge in [0.15, 0.2) is 11.8 Å². The second kappa shape index (κ2) is 6.88. The maximum atomic E-state index is 5.02. The van der Waals surface area contributed by atoms with Gasteiger partial charge in [0.05, 0.1) is 6.54 Å². The van der Waals surface area contributed by atoms with E-state index in [0.29, 0.717) is 18.3 Å². The molecule has 0 radical (unpaired) electrons. The smallest absolute Gasteiger partial charge is 0.246 e. The van der Waals surface area contributed by atoms with E-state index >= 15 is 0 Å². The zero-order chi connectivity index (χ0) is 12.7. The van der Waals surface area contributed by atoms with Crippen LogP contribution >= 0.6 is 0 Å². The molecule has 1 aromatic heterocycles. The van der Waals surface area contributed by atoms with E-state index in [0.717, 1.165) is 18.9 Å². The van der Waals surface area contributed by atoms with Gasteiger partial charge in [-0.15, -0.1) is 0 Å². The fraction of sp³-hybridized carbons (Fsp3) is 0.727. The van der Waals surface area contributed by atoms with Crippen molar-refractivity contribution in [2.75, 3.05) is 20.6 Å². The zero-order valence-corrected chi connectivity index (χ0v) is 11.0. The molecule has 0 aromatic carbocycles. The molecular formula is C11H21N5O. The van der Waals surface area contributed by atoms with Crippen molar-refractivity contribution in [1.29, 1.82) is 0 Å². The number of aryl methyl sites for hydroxylation is 1. The maximum Gasteiger partial charge on any atom is 0.246 e. The first-order valence-electron chi connectivity index (χ1n) is 5.88. The number of nitrogens with one attached hydrogen (secondary N) is 1. The van der Waals surface area contributed by atoms with E-state index in [1.165, 1.54) is 6.42 Å². The van der Waals surface area contributed by atoms with Crippen LogP contribution in [0.1, 0.15) is 31.5 Å². The van der Waals surface area contributed by atoms with Crippen molar-refractivity contribution in [2.45, 2.75) is 33.2 Å². The van der Waals surface area contributed by atoms with Crippen molar-refractivity contribution in [3.05, 3.63) is 11.7 Å². The van der Waals surface area contributed by atoms with Gasteiger partial charge in [-0.05, 0) is 13.3 Å². The molecule has 0 unspecified atom stereocenters. The summed E-state index contributed by atoms with van der Waals surface area (Å²) in [7, 11) is 3.79. The highest BCUT2D eigenvalue weighted by Gasteiger charge is 2.07. The Kier molecular flexibility index (Phi) is 5.45. The molecule has 0 saturated heterocycles. The van der Waals surface area contributed by atoms with E-state index in [1.807, 2.05) is 7.05 Å². The Morgan fingerprint density at radius 2 is 2.29 bits per heavy atom. The van der Waals surface area contributed by atoms with E-state index in [4.69, 9.17) is 4.52 Å². The van der Waals surface area contributed by atoms with Gasteiger partial charge in [0, 0.05) is 20.6 Å².